The zero-order valence-electron chi connectivity index (χ0n) is 21.2. The van der Waals surface area contributed by atoms with Crippen LogP contribution in [0.4, 0.5) is 18.3 Å². The predicted octanol–water partition coefficient (Wildman–Crippen LogP) is 4.98. The molecule has 12 heteroatoms. The van der Waals surface area contributed by atoms with Crippen LogP contribution in [0.5, 0.6) is 0 Å². The summed E-state index contributed by atoms with van der Waals surface area (Å²) >= 11 is 1.35. The number of anilines is 1. The standard InChI is InChI=1S/C27H30F3N5O3S/c28-27(29,30)26(7-2-8-26)35-18-9-16(10-18)24(37)34-25-33-19-6-5-15(11-22(19)39-25)17-12-31-23(32-13-17)14-38-21-4-1-3-20(21)36/h5-6,11-13,16,18,20-21,35-36H,1-4,7-10,14H2,(H,33,34,37)/t16?,18?,20-,21-/m0/s1. The molecule has 0 bridgehead atoms. The molecular weight excluding hydrogens is 531 g/mol. The number of fused-ring (bicyclic) bond motifs is 1. The number of rotatable bonds is 8. The summed E-state index contributed by atoms with van der Waals surface area (Å²) in [5, 5.41) is 16.0. The van der Waals surface area contributed by atoms with Crippen LogP contribution >= 0.6 is 11.3 Å². The normalized spacial score (nSPS) is 26.3. The van der Waals surface area contributed by atoms with Crippen molar-refractivity contribution in [2.24, 2.45) is 5.92 Å². The molecule has 0 unspecified atom stereocenters. The van der Waals surface area contributed by atoms with Gasteiger partial charge in [0.1, 0.15) is 12.1 Å². The molecule has 0 spiro atoms. The number of carbonyl (C=O) groups excluding carboxylic acids is 1. The number of nitrogens with one attached hydrogen (secondary N) is 2. The maximum absolute atomic E-state index is 13.4. The third-order valence-electron chi connectivity index (χ3n) is 8.24. The largest absolute Gasteiger partial charge is 0.406 e. The zero-order valence-corrected chi connectivity index (χ0v) is 22.0. The highest BCUT2D eigenvalue weighted by atomic mass is 32.1. The number of aliphatic hydroxyl groups excluding tert-OH is 1. The Bertz CT molecular complexity index is 1340. The van der Waals surface area contributed by atoms with Crippen LogP contribution in [0, 0.1) is 5.92 Å². The first-order valence-corrected chi connectivity index (χ1v) is 14.2. The minimum atomic E-state index is -4.26. The second kappa shape index (κ2) is 10.4. The van der Waals surface area contributed by atoms with E-state index in [1.165, 1.54) is 11.3 Å². The molecule has 208 valence electrons. The molecule has 3 aliphatic carbocycles. The van der Waals surface area contributed by atoms with Gasteiger partial charge in [0.25, 0.3) is 0 Å². The van der Waals surface area contributed by atoms with E-state index in [9.17, 15) is 23.1 Å². The minimum absolute atomic E-state index is 0.105. The number of hydrogen-bond acceptors (Lipinski definition) is 8. The smallest absolute Gasteiger partial charge is 0.390 e. The van der Waals surface area contributed by atoms with Gasteiger partial charge in [-0.3, -0.25) is 4.79 Å². The van der Waals surface area contributed by atoms with Gasteiger partial charge in [-0.2, -0.15) is 13.2 Å². The van der Waals surface area contributed by atoms with Gasteiger partial charge in [-0.1, -0.05) is 17.4 Å². The highest BCUT2D eigenvalue weighted by Crippen LogP contribution is 2.47. The second-order valence-corrected chi connectivity index (χ2v) is 11.9. The SMILES string of the molecule is O=C(Nc1nc2ccc(-c3cnc(CO[C@H]4CCC[C@@H]4O)nc3)cc2s1)C1CC(NC2(C(F)(F)F)CCC2)C1. The molecule has 39 heavy (non-hydrogen) atoms. The van der Waals surface area contributed by atoms with Crippen LogP contribution in [-0.4, -0.2) is 55.9 Å². The Hall–Kier alpha value is -2.67. The van der Waals surface area contributed by atoms with Crippen molar-refractivity contribution in [1.29, 1.82) is 0 Å². The molecule has 2 aromatic heterocycles. The van der Waals surface area contributed by atoms with E-state index in [0.29, 0.717) is 30.2 Å². The molecule has 0 radical (unpaired) electrons. The first-order chi connectivity index (χ1) is 18.7. The monoisotopic (exact) mass is 561 g/mol. The number of amides is 1. The number of ether oxygens (including phenoxy) is 1. The fraction of sp³-hybridized carbons (Fsp3) is 0.556. The fourth-order valence-electron chi connectivity index (χ4n) is 5.61. The fourth-order valence-corrected chi connectivity index (χ4v) is 6.51. The number of alkyl halides is 3. The number of aromatic nitrogens is 3. The predicted molar refractivity (Wildman–Crippen MR) is 140 cm³/mol. The molecule has 0 saturated heterocycles. The maximum Gasteiger partial charge on any atom is 0.406 e. The molecule has 1 aromatic carbocycles. The van der Waals surface area contributed by atoms with E-state index < -0.39 is 17.8 Å². The van der Waals surface area contributed by atoms with Crippen LogP contribution in [0.1, 0.15) is 57.2 Å². The summed E-state index contributed by atoms with van der Waals surface area (Å²) in [6, 6.07) is 5.45. The molecule has 8 nitrogen and oxygen atoms in total. The third-order valence-corrected chi connectivity index (χ3v) is 9.17. The molecular formula is C27H30F3N5O3S. The average molecular weight is 562 g/mol. The van der Waals surface area contributed by atoms with Gasteiger partial charge in [0.05, 0.1) is 22.4 Å². The van der Waals surface area contributed by atoms with Crippen LogP contribution in [0.25, 0.3) is 21.3 Å². The van der Waals surface area contributed by atoms with E-state index >= 15 is 0 Å². The number of halogens is 3. The molecule has 3 aliphatic rings. The van der Waals surface area contributed by atoms with Crippen molar-refractivity contribution in [2.75, 3.05) is 5.32 Å². The second-order valence-electron chi connectivity index (χ2n) is 10.9. The maximum atomic E-state index is 13.4. The first kappa shape index (κ1) is 26.5. The molecule has 3 aromatic rings. The van der Waals surface area contributed by atoms with Crippen LogP contribution in [-0.2, 0) is 16.1 Å². The van der Waals surface area contributed by atoms with Crippen LogP contribution in [0.3, 0.4) is 0 Å². The summed E-state index contributed by atoms with van der Waals surface area (Å²) < 4.78 is 46.8. The molecule has 3 fully saturated rings. The summed E-state index contributed by atoms with van der Waals surface area (Å²) in [4.78, 5) is 26.0. The summed E-state index contributed by atoms with van der Waals surface area (Å²) in [5.74, 6) is 0.0155. The van der Waals surface area contributed by atoms with Gasteiger partial charge in [-0.05, 0) is 69.1 Å². The molecule has 6 rings (SSSR count). The van der Waals surface area contributed by atoms with E-state index in [1.807, 2.05) is 18.2 Å². The lowest BCUT2D eigenvalue weighted by molar-refractivity contribution is -0.223. The number of nitrogens with zero attached hydrogens (tertiary/aromatic N) is 3. The van der Waals surface area contributed by atoms with E-state index in [4.69, 9.17) is 4.74 Å². The Morgan fingerprint density at radius 2 is 1.90 bits per heavy atom. The Morgan fingerprint density at radius 3 is 2.54 bits per heavy atom. The quantitative estimate of drug-likeness (QED) is 0.356. The van der Waals surface area contributed by atoms with Crippen molar-refractivity contribution in [2.45, 2.75) is 87.9 Å². The third kappa shape index (κ3) is 5.39. The van der Waals surface area contributed by atoms with E-state index in [1.54, 1.807) is 12.4 Å². The number of aliphatic hydroxyl groups is 1. The molecule has 3 saturated carbocycles. The van der Waals surface area contributed by atoms with Crippen molar-refractivity contribution in [3.63, 3.8) is 0 Å². The Balaban J connectivity index is 1.03. The van der Waals surface area contributed by atoms with Gasteiger partial charge < -0.3 is 20.5 Å². The summed E-state index contributed by atoms with van der Waals surface area (Å²) in [6.07, 6.45) is 2.75. The molecule has 0 aliphatic heterocycles. The first-order valence-electron chi connectivity index (χ1n) is 13.4. The Labute approximate surface area is 227 Å². The molecule has 2 heterocycles. The lowest BCUT2D eigenvalue weighted by Crippen LogP contribution is -2.66. The highest BCUT2D eigenvalue weighted by molar-refractivity contribution is 7.22. The van der Waals surface area contributed by atoms with Crippen molar-refractivity contribution in [3.05, 3.63) is 36.4 Å². The lowest BCUT2D eigenvalue weighted by atomic mass is 9.72. The van der Waals surface area contributed by atoms with Crippen molar-refractivity contribution in [1.82, 2.24) is 20.3 Å². The highest BCUT2D eigenvalue weighted by Gasteiger charge is 2.59. The van der Waals surface area contributed by atoms with E-state index in [0.717, 1.165) is 40.6 Å². The molecule has 1 amide bonds. The molecule has 3 N–H and O–H groups in total. The van der Waals surface area contributed by atoms with Gasteiger partial charge >= 0.3 is 6.18 Å². The number of carbonyl (C=O) groups is 1. The zero-order chi connectivity index (χ0) is 27.2. The van der Waals surface area contributed by atoms with E-state index in [2.05, 4.69) is 25.6 Å². The van der Waals surface area contributed by atoms with Gasteiger partial charge in [-0.25, -0.2) is 15.0 Å². The van der Waals surface area contributed by atoms with E-state index in [-0.39, 0.29) is 43.4 Å². The van der Waals surface area contributed by atoms with Crippen LogP contribution < -0.4 is 10.6 Å². The Kier molecular flexibility index (Phi) is 7.07. The van der Waals surface area contributed by atoms with Crippen molar-refractivity contribution < 1.29 is 27.8 Å². The van der Waals surface area contributed by atoms with Gasteiger partial charge in [0, 0.05) is 29.9 Å². The summed E-state index contributed by atoms with van der Waals surface area (Å²) in [7, 11) is 0. The average Bonchev–Trinajstić information content (AvgIpc) is 3.44. The van der Waals surface area contributed by atoms with Gasteiger partial charge in [-0.15, -0.1) is 0 Å². The number of hydrogen-bond donors (Lipinski definition) is 3. The van der Waals surface area contributed by atoms with Crippen LogP contribution in [0.15, 0.2) is 30.6 Å². The number of benzene rings is 1. The minimum Gasteiger partial charge on any atom is -0.390 e. The van der Waals surface area contributed by atoms with Crippen molar-refractivity contribution >= 4 is 32.6 Å². The lowest BCUT2D eigenvalue weighted by Gasteiger charge is -2.49. The number of thiazole rings is 1. The van der Waals surface area contributed by atoms with Gasteiger partial charge in [0.2, 0.25) is 5.91 Å². The van der Waals surface area contributed by atoms with Crippen LogP contribution in [0.2, 0.25) is 0 Å². The topological polar surface area (TPSA) is 109 Å². The molecule has 2 atom stereocenters. The summed E-state index contributed by atoms with van der Waals surface area (Å²) in [5.41, 5.74) is 0.703. The summed E-state index contributed by atoms with van der Waals surface area (Å²) in [6.45, 7) is 0.250. The van der Waals surface area contributed by atoms with Crippen molar-refractivity contribution in [3.8, 4) is 11.1 Å². The van der Waals surface area contributed by atoms with Gasteiger partial charge in [0.15, 0.2) is 11.0 Å². The Morgan fingerprint density at radius 1 is 1.13 bits per heavy atom.